The van der Waals surface area contributed by atoms with E-state index in [1.165, 1.54) is 13.0 Å². The molecule has 1 aromatic rings. The average Bonchev–Trinajstić information content (AvgIpc) is 2.22. The number of aryl methyl sites for hydroxylation is 1. The summed E-state index contributed by atoms with van der Waals surface area (Å²) in [6.45, 7) is 1.39. The molecular formula is C11H13F2NO2. The van der Waals surface area contributed by atoms with Gasteiger partial charge in [-0.05, 0) is 25.1 Å². The minimum absolute atomic E-state index is 0.108. The highest BCUT2D eigenvalue weighted by molar-refractivity contribution is 5.68. The van der Waals surface area contributed by atoms with Gasteiger partial charge in [0, 0.05) is 11.5 Å². The first-order chi connectivity index (χ1) is 7.47. The number of hydrogen-bond donors (Lipinski definition) is 2. The van der Waals surface area contributed by atoms with E-state index < -0.39 is 23.5 Å². The highest BCUT2D eigenvalue weighted by atomic mass is 19.1. The van der Waals surface area contributed by atoms with Crippen LogP contribution in [-0.2, 0) is 4.79 Å². The smallest absolute Gasteiger partial charge is 0.304 e. The lowest BCUT2D eigenvalue weighted by atomic mass is 9.93. The van der Waals surface area contributed by atoms with Gasteiger partial charge in [0.25, 0.3) is 0 Å². The van der Waals surface area contributed by atoms with Crippen LogP contribution in [0.15, 0.2) is 12.1 Å². The van der Waals surface area contributed by atoms with E-state index in [0.717, 1.165) is 6.07 Å². The van der Waals surface area contributed by atoms with Gasteiger partial charge >= 0.3 is 5.97 Å². The first-order valence-electron chi connectivity index (χ1n) is 4.83. The summed E-state index contributed by atoms with van der Waals surface area (Å²) in [4.78, 5) is 10.5. The summed E-state index contributed by atoms with van der Waals surface area (Å²) >= 11 is 0. The first-order valence-corrected chi connectivity index (χ1v) is 4.83. The first kappa shape index (κ1) is 12.6. The minimum Gasteiger partial charge on any atom is -0.481 e. The van der Waals surface area contributed by atoms with E-state index in [2.05, 4.69) is 0 Å². The molecule has 0 heterocycles. The van der Waals surface area contributed by atoms with Gasteiger partial charge in [0.1, 0.15) is 11.6 Å². The molecule has 0 aromatic heterocycles. The Morgan fingerprint density at radius 3 is 2.62 bits per heavy atom. The molecule has 1 rings (SSSR count). The summed E-state index contributed by atoms with van der Waals surface area (Å²) in [6, 6.07) is 2.43. The zero-order valence-electron chi connectivity index (χ0n) is 8.84. The predicted octanol–water partition coefficient (Wildman–Crippen LogP) is 1.79. The molecule has 0 bridgehead atoms. The van der Waals surface area contributed by atoms with Crippen LogP contribution in [0.4, 0.5) is 8.78 Å². The van der Waals surface area contributed by atoms with E-state index >= 15 is 0 Å². The summed E-state index contributed by atoms with van der Waals surface area (Å²) < 4.78 is 27.1. The fourth-order valence-electron chi connectivity index (χ4n) is 1.57. The Balaban J connectivity index is 3.18. The van der Waals surface area contributed by atoms with Crippen LogP contribution in [0.25, 0.3) is 0 Å². The molecule has 5 heteroatoms. The number of halogens is 2. The second-order valence-electron chi connectivity index (χ2n) is 3.62. The largest absolute Gasteiger partial charge is 0.481 e. The minimum atomic E-state index is -1.13. The molecule has 0 saturated carbocycles. The van der Waals surface area contributed by atoms with Crippen molar-refractivity contribution in [1.82, 2.24) is 0 Å². The number of aliphatic carboxylic acids is 1. The van der Waals surface area contributed by atoms with E-state index in [1.54, 1.807) is 0 Å². The third kappa shape index (κ3) is 2.55. The zero-order chi connectivity index (χ0) is 12.3. The lowest BCUT2D eigenvalue weighted by molar-refractivity contribution is -0.137. The molecule has 0 aliphatic carbocycles. The molecule has 1 unspecified atom stereocenters. The lowest BCUT2D eigenvalue weighted by Crippen LogP contribution is -2.19. The molecule has 0 aliphatic heterocycles. The summed E-state index contributed by atoms with van der Waals surface area (Å²) in [5.41, 5.74) is 5.39. The molecule has 16 heavy (non-hydrogen) atoms. The van der Waals surface area contributed by atoms with Crippen LogP contribution < -0.4 is 5.73 Å². The Bertz CT molecular complexity index is 407. The van der Waals surface area contributed by atoms with Crippen LogP contribution >= 0.6 is 0 Å². The molecule has 3 nitrogen and oxygen atoms in total. The van der Waals surface area contributed by atoms with Crippen molar-refractivity contribution in [2.24, 2.45) is 5.73 Å². The maximum absolute atomic E-state index is 13.7. The number of hydrogen-bond acceptors (Lipinski definition) is 2. The number of carboxylic acid groups (broad SMARTS) is 1. The second kappa shape index (κ2) is 5.03. The third-order valence-electron chi connectivity index (χ3n) is 2.43. The van der Waals surface area contributed by atoms with Gasteiger partial charge in [-0.2, -0.15) is 0 Å². The quantitative estimate of drug-likeness (QED) is 0.827. The normalized spacial score (nSPS) is 12.5. The van der Waals surface area contributed by atoms with Gasteiger partial charge in [-0.3, -0.25) is 4.79 Å². The standard InChI is InChI=1S/C11H13F2NO2/c1-6-2-3-8(12)10(11(6)13)7(5-14)4-9(15)16/h2-3,7H,4-5,14H2,1H3,(H,15,16). The summed E-state index contributed by atoms with van der Waals surface area (Å²) in [5.74, 6) is -3.43. The van der Waals surface area contributed by atoms with Crippen LogP contribution in [-0.4, -0.2) is 17.6 Å². The van der Waals surface area contributed by atoms with Gasteiger partial charge in [-0.15, -0.1) is 0 Å². The molecule has 1 aromatic carbocycles. The maximum atomic E-state index is 13.7. The van der Waals surface area contributed by atoms with Crippen LogP contribution in [0.1, 0.15) is 23.5 Å². The summed E-state index contributed by atoms with van der Waals surface area (Å²) in [7, 11) is 0. The Morgan fingerprint density at radius 1 is 1.50 bits per heavy atom. The summed E-state index contributed by atoms with van der Waals surface area (Å²) in [5, 5.41) is 8.63. The SMILES string of the molecule is Cc1ccc(F)c(C(CN)CC(=O)O)c1F. The maximum Gasteiger partial charge on any atom is 0.304 e. The van der Waals surface area contributed by atoms with E-state index in [4.69, 9.17) is 10.8 Å². The zero-order valence-corrected chi connectivity index (χ0v) is 8.84. The Hall–Kier alpha value is -1.49. The molecule has 0 aliphatic rings. The number of nitrogens with two attached hydrogens (primary N) is 1. The molecule has 0 spiro atoms. The van der Waals surface area contributed by atoms with Crippen molar-refractivity contribution in [3.63, 3.8) is 0 Å². The van der Waals surface area contributed by atoms with E-state index in [0.29, 0.717) is 0 Å². The topological polar surface area (TPSA) is 63.3 Å². The van der Waals surface area contributed by atoms with Crippen LogP contribution in [0.2, 0.25) is 0 Å². The molecule has 0 fully saturated rings. The van der Waals surface area contributed by atoms with Crippen molar-refractivity contribution in [3.8, 4) is 0 Å². The Kier molecular flexibility index (Phi) is 3.95. The van der Waals surface area contributed by atoms with Crippen molar-refractivity contribution in [2.45, 2.75) is 19.3 Å². The van der Waals surface area contributed by atoms with Crippen LogP contribution in [0, 0.1) is 18.6 Å². The van der Waals surface area contributed by atoms with E-state index in [-0.39, 0.29) is 24.1 Å². The lowest BCUT2D eigenvalue weighted by Gasteiger charge is -2.15. The molecule has 0 radical (unpaired) electrons. The van der Waals surface area contributed by atoms with Crippen molar-refractivity contribution >= 4 is 5.97 Å². The second-order valence-corrected chi connectivity index (χ2v) is 3.62. The number of benzene rings is 1. The third-order valence-corrected chi connectivity index (χ3v) is 2.43. The fourth-order valence-corrected chi connectivity index (χ4v) is 1.57. The van der Waals surface area contributed by atoms with E-state index in [9.17, 15) is 13.6 Å². The van der Waals surface area contributed by atoms with Gasteiger partial charge in [-0.1, -0.05) is 6.07 Å². The average molecular weight is 229 g/mol. The number of rotatable bonds is 4. The van der Waals surface area contributed by atoms with Gasteiger partial charge in [0.2, 0.25) is 0 Å². The van der Waals surface area contributed by atoms with Crippen molar-refractivity contribution in [1.29, 1.82) is 0 Å². The Morgan fingerprint density at radius 2 is 2.12 bits per heavy atom. The molecule has 1 atom stereocenters. The molecule has 0 amide bonds. The fraction of sp³-hybridized carbons (Fsp3) is 0.364. The monoisotopic (exact) mass is 229 g/mol. The Labute approximate surface area is 91.9 Å². The van der Waals surface area contributed by atoms with Gasteiger partial charge in [0.15, 0.2) is 0 Å². The molecule has 0 saturated heterocycles. The van der Waals surface area contributed by atoms with Crippen molar-refractivity contribution in [2.75, 3.05) is 6.54 Å². The van der Waals surface area contributed by atoms with Gasteiger partial charge < -0.3 is 10.8 Å². The van der Waals surface area contributed by atoms with Gasteiger partial charge in [-0.25, -0.2) is 8.78 Å². The molecule has 3 N–H and O–H groups in total. The summed E-state index contributed by atoms with van der Waals surface area (Å²) in [6.07, 6.45) is -0.381. The molecule has 88 valence electrons. The molecular weight excluding hydrogens is 216 g/mol. The number of carbonyl (C=O) groups is 1. The number of carboxylic acids is 1. The van der Waals surface area contributed by atoms with E-state index in [1.807, 2.05) is 0 Å². The van der Waals surface area contributed by atoms with Crippen molar-refractivity contribution < 1.29 is 18.7 Å². The predicted molar refractivity (Wildman–Crippen MR) is 55.1 cm³/mol. The van der Waals surface area contributed by atoms with Crippen molar-refractivity contribution in [3.05, 3.63) is 34.9 Å². The van der Waals surface area contributed by atoms with Gasteiger partial charge in [0.05, 0.1) is 6.42 Å². The highest BCUT2D eigenvalue weighted by Gasteiger charge is 2.22. The van der Waals surface area contributed by atoms with Crippen LogP contribution in [0.3, 0.4) is 0 Å². The van der Waals surface area contributed by atoms with Crippen LogP contribution in [0.5, 0.6) is 0 Å². The highest BCUT2D eigenvalue weighted by Crippen LogP contribution is 2.26.